The number of hydrogen-bond acceptors (Lipinski definition) is 6. The van der Waals surface area contributed by atoms with E-state index in [2.05, 4.69) is 25.8 Å². The van der Waals surface area contributed by atoms with Crippen LogP contribution in [-0.4, -0.2) is 27.6 Å². The van der Waals surface area contributed by atoms with Crippen LogP contribution < -0.4 is 16.1 Å². The van der Waals surface area contributed by atoms with Crippen LogP contribution >= 0.6 is 0 Å². The topological polar surface area (TPSA) is 113 Å². The highest BCUT2D eigenvalue weighted by atomic mass is 16.4. The third-order valence-corrected chi connectivity index (χ3v) is 3.09. The van der Waals surface area contributed by atoms with Gasteiger partial charge < -0.3 is 14.7 Å². The molecule has 1 fully saturated rings. The SMILES string of the molecule is O=C(Nc1nnc(C2CCCN2)o1)c1c[nH]ccc1=O. The molecule has 0 aliphatic carbocycles. The number of aromatic amines is 1. The third-order valence-electron chi connectivity index (χ3n) is 3.09. The summed E-state index contributed by atoms with van der Waals surface area (Å²) in [6.07, 6.45) is 4.76. The molecular formula is C12H13N5O3. The molecule has 1 amide bonds. The Morgan fingerprint density at radius 1 is 1.45 bits per heavy atom. The van der Waals surface area contributed by atoms with Gasteiger partial charge in [0.15, 0.2) is 5.43 Å². The predicted molar refractivity (Wildman–Crippen MR) is 69.3 cm³/mol. The lowest BCUT2D eigenvalue weighted by atomic mass is 10.2. The summed E-state index contributed by atoms with van der Waals surface area (Å²) in [4.78, 5) is 26.1. The van der Waals surface area contributed by atoms with Gasteiger partial charge in [0.05, 0.1) is 6.04 Å². The largest absolute Gasteiger partial charge is 0.406 e. The first-order valence-electron chi connectivity index (χ1n) is 6.29. The van der Waals surface area contributed by atoms with Crippen LogP contribution in [0.15, 0.2) is 27.7 Å². The van der Waals surface area contributed by atoms with Crippen LogP contribution in [0.5, 0.6) is 0 Å². The number of H-pyrrole nitrogens is 1. The maximum Gasteiger partial charge on any atom is 0.322 e. The molecule has 0 aromatic carbocycles. The Labute approximate surface area is 113 Å². The van der Waals surface area contributed by atoms with Crippen molar-refractivity contribution in [2.24, 2.45) is 0 Å². The number of carbonyl (C=O) groups excluding carboxylic acids is 1. The second kappa shape index (κ2) is 5.25. The summed E-state index contributed by atoms with van der Waals surface area (Å²) in [5.41, 5.74) is -0.385. The lowest BCUT2D eigenvalue weighted by molar-refractivity contribution is 0.102. The number of hydrogen-bond donors (Lipinski definition) is 3. The summed E-state index contributed by atoms with van der Waals surface area (Å²) in [7, 11) is 0. The van der Waals surface area contributed by atoms with Crippen molar-refractivity contribution in [2.75, 3.05) is 11.9 Å². The van der Waals surface area contributed by atoms with Crippen molar-refractivity contribution >= 4 is 11.9 Å². The van der Waals surface area contributed by atoms with E-state index in [1.54, 1.807) is 0 Å². The zero-order valence-electron chi connectivity index (χ0n) is 10.5. The van der Waals surface area contributed by atoms with Gasteiger partial charge in [-0.05, 0) is 19.4 Å². The van der Waals surface area contributed by atoms with Gasteiger partial charge in [-0.25, -0.2) is 0 Å². The standard InChI is InChI=1S/C12H13N5O3/c18-9-3-5-13-6-7(9)10(19)15-12-17-16-11(20-12)8-2-1-4-14-8/h3,5-6,8,14H,1-2,4H2,(H,13,18)(H,15,17,19). The second-order valence-corrected chi connectivity index (χ2v) is 4.47. The predicted octanol–water partition coefficient (Wildman–Crippen LogP) is 0.435. The third kappa shape index (κ3) is 2.45. The van der Waals surface area contributed by atoms with Crippen molar-refractivity contribution in [2.45, 2.75) is 18.9 Å². The molecule has 0 radical (unpaired) electrons. The van der Waals surface area contributed by atoms with Crippen molar-refractivity contribution in [1.82, 2.24) is 20.5 Å². The molecule has 1 atom stereocenters. The molecule has 0 bridgehead atoms. The summed E-state index contributed by atoms with van der Waals surface area (Å²) >= 11 is 0. The van der Waals surface area contributed by atoms with Crippen molar-refractivity contribution in [3.63, 3.8) is 0 Å². The smallest absolute Gasteiger partial charge is 0.322 e. The van der Waals surface area contributed by atoms with Crippen molar-refractivity contribution < 1.29 is 9.21 Å². The van der Waals surface area contributed by atoms with Gasteiger partial charge in [-0.1, -0.05) is 5.10 Å². The van der Waals surface area contributed by atoms with Gasteiger partial charge in [-0.3, -0.25) is 14.9 Å². The summed E-state index contributed by atoms with van der Waals surface area (Å²) in [6.45, 7) is 0.911. The average molecular weight is 275 g/mol. The normalized spacial score (nSPS) is 18.1. The van der Waals surface area contributed by atoms with Gasteiger partial charge in [0.25, 0.3) is 5.91 Å². The molecule has 3 N–H and O–H groups in total. The molecule has 2 aromatic heterocycles. The maximum absolute atomic E-state index is 11.9. The molecule has 20 heavy (non-hydrogen) atoms. The highest BCUT2D eigenvalue weighted by molar-refractivity contribution is 6.02. The molecule has 0 spiro atoms. The van der Waals surface area contributed by atoms with Gasteiger partial charge in [-0.15, -0.1) is 5.10 Å². The van der Waals surface area contributed by atoms with E-state index in [1.807, 2.05) is 0 Å². The molecule has 1 unspecified atom stereocenters. The summed E-state index contributed by atoms with van der Waals surface area (Å²) in [5.74, 6) is -0.138. The molecule has 104 valence electrons. The fourth-order valence-corrected chi connectivity index (χ4v) is 2.08. The van der Waals surface area contributed by atoms with E-state index in [9.17, 15) is 9.59 Å². The Bertz CT molecular complexity index is 671. The number of nitrogens with one attached hydrogen (secondary N) is 3. The highest BCUT2D eigenvalue weighted by Crippen LogP contribution is 2.22. The lowest BCUT2D eigenvalue weighted by Gasteiger charge is -2.02. The molecule has 1 saturated heterocycles. The summed E-state index contributed by atoms with van der Waals surface area (Å²) in [5, 5.41) is 13.3. The van der Waals surface area contributed by atoms with Crippen molar-refractivity contribution in [3.8, 4) is 0 Å². The Morgan fingerprint density at radius 3 is 3.10 bits per heavy atom. The van der Waals surface area contributed by atoms with E-state index in [1.165, 1.54) is 18.5 Å². The maximum atomic E-state index is 11.9. The van der Waals surface area contributed by atoms with Gasteiger partial charge in [0.1, 0.15) is 5.56 Å². The van der Waals surface area contributed by atoms with Crippen LogP contribution in [0.1, 0.15) is 35.1 Å². The minimum atomic E-state index is -0.582. The fraction of sp³-hybridized carbons (Fsp3) is 0.333. The summed E-state index contributed by atoms with van der Waals surface area (Å²) < 4.78 is 5.37. The van der Waals surface area contributed by atoms with Crippen molar-refractivity contribution in [1.29, 1.82) is 0 Å². The van der Waals surface area contributed by atoms with E-state index in [0.29, 0.717) is 5.89 Å². The van der Waals surface area contributed by atoms with Crippen LogP contribution in [-0.2, 0) is 0 Å². The Morgan fingerprint density at radius 2 is 2.35 bits per heavy atom. The number of carbonyl (C=O) groups is 1. The van der Waals surface area contributed by atoms with E-state index in [-0.39, 0.29) is 23.0 Å². The van der Waals surface area contributed by atoms with Crippen LogP contribution in [0.4, 0.5) is 6.01 Å². The van der Waals surface area contributed by atoms with Crippen LogP contribution in [0.3, 0.4) is 0 Å². The van der Waals surface area contributed by atoms with Crippen LogP contribution in [0.2, 0.25) is 0 Å². The zero-order valence-corrected chi connectivity index (χ0v) is 10.5. The van der Waals surface area contributed by atoms with E-state index < -0.39 is 5.91 Å². The zero-order chi connectivity index (χ0) is 13.9. The number of nitrogens with zero attached hydrogens (tertiary/aromatic N) is 2. The van der Waals surface area contributed by atoms with E-state index >= 15 is 0 Å². The van der Waals surface area contributed by atoms with Gasteiger partial charge >= 0.3 is 6.01 Å². The molecule has 3 heterocycles. The first-order chi connectivity index (χ1) is 9.74. The van der Waals surface area contributed by atoms with Gasteiger partial charge in [-0.2, -0.15) is 0 Å². The Hall–Kier alpha value is -2.48. The lowest BCUT2D eigenvalue weighted by Crippen LogP contribution is -2.21. The van der Waals surface area contributed by atoms with E-state index in [4.69, 9.17) is 4.42 Å². The van der Waals surface area contributed by atoms with Gasteiger partial charge in [0.2, 0.25) is 5.89 Å². The average Bonchev–Trinajstić information content (AvgIpc) is 3.09. The first-order valence-corrected chi connectivity index (χ1v) is 6.29. The summed E-state index contributed by atoms with van der Waals surface area (Å²) in [6, 6.07) is 1.30. The number of anilines is 1. The highest BCUT2D eigenvalue weighted by Gasteiger charge is 2.22. The van der Waals surface area contributed by atoms with E-state index in [0.717, 1.165) is 19.4 Å². The molecule has 8 heteroatoms. The first kappa shape index (κ1) is 12.5. The second-order valence-electron chi connectivity index (χ2n) is 4.47. The molecule has 3 rings (SSSR count). The molecule has 1 aliphatic rings. The molecule has 0 saturated carbocycles. The number of rotatable bonds is 3. The number of pyridine rings is 1. The Kier molecular flexibility index (Phi) is 3.30. The number of aromatic nitrogens is 3. The molecule has 8 nitrogen and oxygen atoms in total. The molecule has 2 aromatic rings. The monoisotopic (exact) mass is 275 g/mol. The molecule has 1 aliphatic heterocycles. The van der Waals surface area contributed by atoms with Crippen LogP contribution in [0.25, 0.3) is 0 Å². The number of amides is 1. The quantitative estimate of drug-likeness (QED) is 0.749. The van der Waals surface area contributed by atoms with Crippen molar-refractivity contribution in [3.05, 3.63) is 40.1 Å². The minimum absolute atomic E-state index is 0.00811. The van der Waals surface area contributed by atoms with Crippen LogP contribution in [0, 0.1) is 0 Å². The van der Waals surface area contributed by atoms with Gasteiger partial charge in [0, 0.05) is 18.5 Å². The fourth-order valence-electron chi connectivity index (χ4n) is 2.08. The molecular weight excluding hydrogens is 262 g/mol. The Balaban J connectivity index is 1.73. The minimum Gasteiger partial charge on any atom is -0.406 e.